The first-order chi connectivity index (χ1) is 10.1. The van der Waals surface area contributed by atoms with Gasteiger partial charge in [-0.05, 0) is 31.5 Å². The molecule has 1 atom stereocenters. The van der Waals surface area contributed by atoms with E-state index in [2.05, 4.69) is 17.3 Å². The molecule has 1 heterocycles. The Kier molecular flexibility index (Phi) is 6.14. The van der Waals surface area contributed by atoms with Crippen molar-refractivity contribution in [1.29, 1.82) is 0 Å². The van der Waals surface area contributed by atoms with Crippen LogP contribution in [0.1, 0.15) is 18.4 Å². The number of benzene rings is 1. The Morgan fingerprint density at radius 3 is 3.05 bits per heavy atom. The lowest BCUT2D eigenvalue weighted by atomic mass is 10.1. The summed E-state index contributed by atoms with van der Waals surface area (Å²) in [5.74, 6) is -0.286. The number of rotatable bonds is 6. The Morgan fingerprint density at radius 1 is 1.48 bits per heavy atom. The molecule has 1 fully saturated rings. The van der Waals surface area contributed by atoms with Crippen molar-refractivity contribution in [3.63, 3.8) is 0 Å². The van der Waals surface area contributed by atoms with Gasteiger partial charge in [0.2, 0.25) is 5.91 Å². The fourth-order valence-corrected chi connectivity index (χ4v) is 2.45. The fraction of sp³-hybridized carbons (Fsp3) is 0.562. The molecular weight excluding hydrogens is 271 g/mol. The van der Waals surface area contributed by atoms with Crippen molar-refractivity contribution in [1.82, 2.24) is 10.2 Å². The molecule has 5 heteroatoms. The third kappa shape index (κ3) is 5.44. The first kappa shape index (κ1) is 15.9. The van der Waals surface area contributed by atoms with Gasteiger partial charge in [0.1, 0.15) is 5.82 Å². The van der Waals surface area contributed by atoms with Crippen molar-refractivity contribution in [2.24, 2.45) is 0 Å². The van der Waals surface area contributed by atoms with E-state index in [1.807, 2.05) is 0 Å². The van der Waals surface area contributed by atoms with Crippen molar-refractivity contribution in [3.8, 4) is 0 Å². The minimum atomic E-state index is -0.246. The average Bonchev–Trinajstić information content (AvgIpc) is 2.46. The van der Waals surface area contributed by atoms with E-state index in [9.17, 15) is 9.18 Å². The molecule has 1 unspecified atom stereocenters. The zero-order valence-electron chi connectivity index (χ0n) is 12.5. The summed E-state index contributed by atoms with van der Waals surface area (Å²) in [6.45, 7) is 3.23. The van der Waals surface area contributed by atoms with E-state index in [1.54, 1.807) is 18.2 Å². The second kappa shape index (κ2) is 8.10. The standard InChI is InChI=1S/C16H23FN2O2/c1-19-10-11-21-14(12-19)8-9-18-16(20)7-6-13-4-2-3-5-15(13)17/h2-5,14H,6-12H2,1H3,(H,18,20). The molecule has 0 spiro atoms. The highest BCUT2D eigenvalue weighted by Crippen LogP contribution is 2.09. The van der Waals surface area contributed by atoms with Crippen molar-refractivity contribution < 1.29 is 13.9 Å². The highest BCUT2D eigenvalue weighted by molar-refractivity contribution is 5.76. The summed E-state index contributed by atoms with van der Waals surface area (Å²) in [4.78, 5) is 14.0. The van der Waals surface area contributed by atoms with E-state index < -0.39 is 0 Å². The van der Waals surface area contributed by atoms with Gasteiger partial charge in [-0.15, -0.1) is 0 Å². The molecule has 0 aromatic heterocycles. The summed E-state index contributed by atoms with van der Waals surface area (Å²) in [5.41, 5.74) is 0.588. The highest BCUT2D eigenvalue weighted by Gasteiger charge is 2.17. The maximum absolute atomic E-state index is 13.4. The van der Waals surface area contributed by atoms with Crippen LogP contribution in [0.5, 0.6) is 0 Å². The second-order valence-electron chi connectivity index (χ2n) is 5.49. The van der Waals surface area contributed by atoms with Gasteiger partial charge in [0.25, 0.3) is 0 Å². The number of ether oxygens (including phenoxy) is 1. The van der Waals surface area contributed by atoms with Crippen molar-refractivity contribution in [2.45, 2.75) is 25.4 Å². The number of carbonyl (C=O) groups is 1. The lowest BCUT2D eigenvalue weighted by Crippen LogP contribution is -2.41. The fourth-order valence-electron chi connectivity index (χ4n) is 2.45. The van der Waals surface area contributed by atoms with Gasteiger partial charge in [0, 0.05) is 26.1 Å². The molecule has 1 N–H and O–H groups in total. The number of nitrogens with zero attached hydrogens (tertiary/aromatic N) is 1. The first-order valence-electron chi connectivity index (χ1n) is 7.45. The van der Waals surface area contributed by atoms with E-state index in [4.69, 9.17) is 4.74 Å². The number of aryl methyl sites for hydroxylation is 1. The normalized spacial score (nSPS) is 19.4. The Balaban J connectivity index is 1.62. The van der Waals surface area contributed by atoms with Gasteiger partial charge < -0.3 is 15.0 Å². The van der Waals surface area contributed by atoms with Crippen LogP contribution in [0, 0.1) is 5.82 Å². The Hall–Kier alpha value is -1.46. The molecule has 21 heavy (non-hydrogen) atoms. The molecular formula is C16H23FN2O2. The zero-order valence-corrected chi connectivity index (χ0v) is 12.5. The van der Waals surface area contributed by atoms with Crippen LogP contribution < -0.4 is 5.32 Å². The maximum Gasteiger partial charge on any atom is 0.220 e. The van der Waals surface area contributed by atoms with E-state index >= 15 is 0 Å². The summed E-state index contributed by atoms with van der Waals surface area (Å²) >= 11 is 0. The zero-order chi connectivity index (χ0) is 15.1. The summed E-state index contributed by atoms with van der Waals surface area (Å²) in [7, 11) is 2.07. The van der Waals surface area contributed by atoms with Crippen LogP contribution >= 0.6 is 0 Å². The minimum Gasteiger partial charge on any atom is -0.375 e. The van der Waals surface area contributed by atoms with Crippen molar-refractivity contribution in [3.05, 3.63) is 35.6 Å². The van der Waals surface area contributed by atoms with Crippen LogP contribution in [0.25, 0.3) is 0 Å². The van der Waals surface area contributed by atoms with Crippen LogP contribution in [-0.4, -0.2) is 50.2 Å². The smallest absolute Gasteiger partial charge is 0.220 e. The molecule has 1 saturated heterocycles. The number of hydrogen-bond donors (Lipinski definition) is 1. The molecule has 116 valence electrons. The largest absolute Gasteiger partial charge is 0.375 e. The van der Waals surface area contributed by atoms with Crippen LogP contribution in [0.15, 0.2) is 24.3 Å². The Morgan fingerprint density at radius 2 is 2.29 bits per heavy atom. The summed E-state index contributed by atoms with van der Waals surface area (Å²) in [6, 6.07) is 6.58. The van der Waals surface area contributed by atoms with Gasteiger partial charge in [0.05, 0.1) is 12.7 Å². The van der Waals surface area contributed by atoms with Gasteiger partial charge in [-0.2, -0.15) is 0 Å². The minimum absolute atomic E-state index is 0.0394. The van der Waals surface area contributed by atoms with Gasteiger partial charge in [-0.25, -0.2) is 4.39 Å². The molecule has 1 aliphatic heterocycles. The molecule has 0 aliphatic carbocycles. The topological polar surface area (TPSA) is 41.6 Å². The van der Waals surface area contributed by atoms with Gasteiger partial charge >= 0.3 is 0 Å². The molecule has 4 nitrogen and oxygen atoms in total. The molecule has 2 rings (SSSR count). The third-order valence-corrected chi connectivity index (χ3v) is 3.71. The number of hydrogen-bond acceptors (Lipinski definition) is 3. The van der Waals surface area contributed by atoms with Crippen LogP contribution in [0.2, 0.25) is 0 Å². The number of halogens is 1. The number of amides is 1. The van der Waals surface area contributed by atoms with Crippen LogP contribution in [-0.2, 0) is 16.0 Å². The van der Waals surface area contributed by atoms with Crippen LogP contribution in [0.4, 0.5) is 4.39 Å². The molecule has 0 radical (unpaired) electrons. The molecule has 1 aromatic carbocycles. The van der Waals surface area contributed by atoms with E-state index in [0.29, 0.717) is 24.9 Å². The molecule has 1 aliphatic rings. The SMILES string of the molecule is CN1CCOC(CCNC(=O)CCc2ccccc2F)C1. The van der Waals surface area contributed by atoms with Crippen LogP contribution in [0.3, 0.4) is 0 Å². The van der Waals surface area contributed by atoms with E-state index in [1.165, 1.54) is 6.07 Å². The third-order valence-electron chi connectivity index (χ3n) is 3.71. The summed E-state index contributed by atoms with van der Waals surface area (Å²) < 4.78 is 19.1. The molecule has 0 bridgehead atoms. The van der Waals surface area contributed by atoms with Crippen molar-refractivity contribution >= 4 is 5.91 Å². The van der Waals surface area contributed by atoms with E-state index in [0.717, 1.165) is 26.1 Å². The number of carbonyl (C=O) groups excluding carboxylic acids is 1. The number of nitrogens with one attached hydrogen (secondary N) is 1. The second-order valence-corrected chi connectivity index (χ2v) is 5.49. The monoisotopic (exact) mass is 294 g/mol. The Labute approximate surface area is 125 Å². The van der Waals surface area contributed by atoms with Gasteiger partial charge in [0.15, 0.2) is 0 Å². The highest BCUT2D eigenvalue weighted by atomic mass is 19.1. The summed E-state index contributed by atoms with van der Waals surface area (Å²) in [5, 5.41) is 2.87. The van der Waals surface area contributed by atoms with Gasteiger partial charge in [-0.3, -0.25) is 4.79 Å². The molecule has 0 saturated carbocycles. The lowest BCUT2D eigenvalue weighted by Gasteiger charge is -2.30. The Bertz CT molecular complexity index is 467. The van der Waals surface area contributed by atoms with E-state index in [-0.39, 0.29) is 17.8 Å². The lowest BCUT2D eigenvalue weighted by molar-refractivity contribution is -0.121. The molecule has 1 aromatic rings. The summed E-state index contributed by atoms with van der Waals surface area (Å²) in [6.07, 6.45) is 1.75. The maximum atomic E-state index is 13.4. The number of likely N-dealkylation sites (N-methyl/N-ethyl adjacent to an activating group) is 1. The number of morpholine rings is 1. The first-order valence-corrected chi connectivity index (χ1v) is 7.45. The average molecular weight is 294 g/mol. The quantitative estimate of drug-likeness (QED) is 0.866. The predicted molar refractivity (Wildman–Crippen MR) is 79.6 cm³/mol. The molecule has 1 amide bonds. The van der Waals surface area contributed by atoms with Gasteiger partial charge in [-0.1, -0.05) is 18.2 Å². The van der Waals surface area contributed by atoms with Crippen molar-refractivity contribution in [2.75, 3.05) is 33.3 Å². The predicted octanol–water partition coefficient (Wildman–Crippen LogP) is 1.60.